The molecule has 1 atom stereocenters. The number of rotatable bonds is 40. The van der Waals surface area contributed by atoms with Crippen LogP contribution < -0.4 is 0 Å². The third kappa shape index (κ3) is 34.0. The highest BCUT2D eigenvalue weighted by atomic mass is 16.5. The number of nitrogens with zero attached hydrogens (tertiary/aromatic N) is 1. The molecule has 0 aromatic carbocycles. The number of carbonyl (C=O) groups is 2. The number of unbranched alkanes of at least 4 members (excludes halogenated alkanes) is 22. The van der Waals surface area contributed by atoms with Gasteiger partial charge in [-0.05, 0) is 71.4 Å². The number of ether oxygens (including phenoxy) is 2. The normalized spacial score (nSPS) is 12.2. The van der Waals surface area contributed by atoms with Gasteiger partial charge in [0.1, 0.15) is 0 Å². The fraction of sp³-hybridized carbons (Fsp3) is 0.955. The summed E-state index contributed by atoms with van der Waals surface area (Å²) in [4.78, 5) is 27.5. The van der Waals surface area contributed by atoms with E-state index in [1.807, 2.05) is 6.92 Å². The number of esters is 2. The Morgan fingerprint density at radius 2 is 0.940 bits per heavy atom. The monoisotopic (exact) mass is 710 g/mol. The summed E-state index contributed by atoms with van der Waals surface area (Å²) in [5.74, 6) is 0.118. The smallest absolute Gasteiger partial charge is 0.308 e. The molecule has 6 heteroatoms. The Labute approximate surface area is 312 Å². The molecule has 0 amide bonds. The zero-order valence-electron chi connectivity index (χ0n) is 34.1. The van der Waals surface area contributed by atoms with Crippen LogP contribution >= 0.6 is 0 Å². The lowest BCUT2D eigenvalue weighted by Gasteiger charge is -2.21. The maximum absolute atomic E-state index is 13.0. The Hall–Kier alpha value is -1.14. The lowest BCUT2D eigenvalue weighted by molar-refractivity contribution is -0.150. The van der Waals surface area contributed by atoms with Gasteiger partial charge in [-0.15, -0.1) is 0 Å². The lowest BCUT2D eigenvalue weighted by atomic mass is 9.94. The second-order valence-corrected chi connectivity index (χ2v) is 15.3. The molecule has 0 aromatic rings. The molecule has 0 aromatic heterocycles. The number of aliphatic hydroxyl groups is 1. The molecular formula is C44H87NO5. The average Bonchev–Trinajstić information content (AvgIpc) is 3.10. The molecule has 0 saturated carbocycles. The van der Waals surface area contributed by atoms with Crippen LogP contribution in [0, 0.1) is 5.92 Å². The highest BCUT2D eigenvalue weighted by molar-refractivity contribution is 5.72. The van der Waals surface area contributed by atoms with Gasteiger partial charge in [-0.3, -0.25) is 9.59 Å². The van der Waals surface area contributed by atoms with Crippen molar-refractivity contribution < 1.29 is 24.2 Å². The first kappa shape index (κ1) is 48.9. The van der Waals surface area contributed by atoms with Crippen LogP contribution in [0.3, 0.4) is 0 Å². The minimum Gasteiger partial charge on any atom is -0.465 e. The van der Waals surface area contributed by atoms with Gasteiger partial charge in [-0.1, -0.05) is 162 Å². The predicted octanol–water partition coefficient (Wildman–Crippen LogP) is 12.5. The number of hydrogen-bond acceptors (Lipinski definition) is 6. The summed E-state index contributed by atoms with van der Waals surface area (Å²) in [6, 6.07) is 0. The highest BCUT2D eigenvalue weighted by Gasteiger charge is 2.19. The Morgan fingerprint density at radius 3 is 1.44 bits per heavy atom. The quantitative estimate of drug-likeness (QED) is 0.0504. The van der Waals surface area contributed by atoms with Gasteiger partial charge >= 0.3 is 11.9 Å². The van der Waals surface area contributed by atoms with E-state index in [1.165, 1.54) is 109 Å². The Morgan fingerprint density at radius 1 is 0.520 bits per heavy atom. The van der Waals surface area contributed by atoms with Gasteiger partial charge in [-0.2, -0.15) is 0 Å². The molecule has 0 heterocycles. The summed E-state index contributed by atoms with van der Waals surface area (Å²) in [5, 5.41) is 9.55. The van der Waals surface area contributed by atoms with Crippen LogP contribution in [0.2, 0.25) is 0 Å². The first-order chi connectivity index (χ1) is 24.5. The first-order valence-electron chi connectivity index (χ1n) is 22.2. The van der Waals surface area contributed by atoms with Crippen molar-refractivity contribution in [2.45, 2.75) is 233 Å². The van der Waals surface area contributed by atoms with E-state index in [-0.39, 0.29) is 30.6 Å². The van der Waals surface area contributed by atoms with Crippen molar-refractivity contribution in [3.63, 3.8) is 0 Å². The summed E-state index contributed by atoms with van der Waals surface area (Å²) >= 11 is 0. The van der Waals surface area contributed by atoms with Crippen molar-refractivity contribution in [2.75, 3.05) is 32.8 Å². The van der Waals surface area contributed by atoms with Crippen LogP contribution in [-0.2, 0) is 19.1 Å². The van der Waals surface area contributed by atoms with Crippen molar-refractivity contribution in [1.29, 1.82) is 0 Å². The molecule has 0 radical (unpaired) electrons. The van der Waals surface area contributed by atoms with Crippen LogP contribution in [-0.4, -0.2) is 60.9 Å². The largest absolute Gasteiger partial charge is 0.465 e. The molecule has 0 bridgehead atoms. The van der Waals surface area contributed by atoms with Crippen LogP contribution in [0.5, 0.6) is 0 Å². The second kappa shape index (κ2) is 39.1. The average molecular weight is 710 g/mol. The maximum Gasteiger partial charge on any atom is 0.308 e. The first-order valence-corrected chi connectivity index (χ1v) is 22.2. The van der Waals surface area contributed by atoms with E-state index in [0.717, 1.165) is 103 Å². The van der Waals surface area contributed by atoms with E-state index in [9.17, 15) is 14.7 Å². The summed E-state index contributed by atoms with van der Waals surface area (Å²) in [6.07, 6.45) is 36.1. The van der Waals surface area contributed by atoms with Gasteiger partial charge in [-0.25, -0.2) is 0 Å². The minimum atomic E-state index is -0.0348. The fourth-order valence-electron chi connectivity index (χ4n) is 6.97. The molecule has 0 rings (SSSR count). The fourth-order valence-corrected chi connectivity index (χ4v) is 6.97. The number of aliphatic hydroxyl groups excluding tert-OH is 1. The van der Waals surface area contributed by atoms with E-state index in [4.69, 9.17) is 9.47 Å². The molecule has 0 aliphatic carbocycles. The van der Waals surface area contributed by atoms with Crippen molar-refractivity contribution in [3.8, 4) is 0 Å². The minimum absolute atomic E-state index is 0.0348. The molecule has 0 fully saturated rings. The second-order valence-electron chi connectivity index (χ2n) is 15.3. The summed E-state index contributed by atoms with van der Waals surface area (Å²) in [5.41, 5.74) is 0. The molecule has 0 spiro atoms. The molecule has 6 nitrogen and oxygen atoms in total. The highest BCUT2D eigenvalue weighted by Crippen LogP contribution is 2.21. The Kier molecular flexibility index (Phi) is 38.2. The van der Waals surface area contributed by atoms with Crippen LogP contribution in [0.15, 0.2) is 0 Å². The van der Waals surface area contributed by atoms with Crippen LogP contribution in [0.4, 0.5) is 0 Å². The molecule has 0 saturated heterocycles. The van der Waals surface area contributed by atoms with Gasteiger partial charge < -0.3 is 19.5 Å². The van der Waals surface area contributed by atoms with Gasteiger partial charge in [0.2, 0.25) is 0 Å². The third-order valence-corrected chi connectivity index (χ3v) is 10.3. The zero-order chi connectivity index (χ0) is 36.8. The molecule has 0 aliphatic rings. The van der Waals surface area contributed by atoms with Crippen LogP contribution in [0.1, 0.15) is 227 Å². The van der Waals surface area contributed by atoms with Crippen molar-refractivity contribution in [3.05, 3.63) is 0 Å². The summed E-state index contributed by atoms with van der Waals surface area (Å²) in [7, 11) is 0. The summed E-state index contributed by atoms with van der Waals surface area (Å²) in [6.45, 7) is 12.4. The molecule has 1 N–H and O–H groups in total. The Balaban J connectivity index is 4.00. The van der Waals surface area contributed by atoms with E-state index in [0.29, 0.717) is 13.0 Å². The predicted molar refractivity (Wildman–Crippen MR) is 214 cm³/mol. The van der Waals surface area contributed by atoms with Crippen molar-refractivity contribution in [2.24, 2.45) is 5.92 Å². The van der Waals surface area contributed by atoms with E-state index in [1.54, 1.807) is 0 Å². The van der Waals surface area contributed by atoms with Gasteiger partial charge in [0.05, 0.1) is 25.2 Å². The van der Waals surface area contributed by atoms with Gasteiger partial charge in [0.15, 0.2) is 0 Å². The number of carbonyl (C=O) groups excluding carboxylic acids is 2. The van der Waals surface area contributed by atoms with E-state index < -0.39 is 0 Å². The molecular weight excluding hydrogens is 622 g/mol. The van der Waals surface area contributed by atoms with Crippen LogP contribution in [0.25, 0.3) is 0 Å². The van der Waals surface area contributed by atoms with Crippen molar-refractivity contribution >= 4 is 11.9 Å². The van der Waals surface area contributed by atoms with E-state index in [2.05, 4.69) is 25.7 Å². The third-order valence-electron chi connectivity index (χ3n) is 10.3. The molecule has 0 aliphatic heterocycles. The summed E-state index contributed by atoms with van der Waals surface area (Å²) < 4.78 is 11.4. The molecule has 50 heavy (non-hydrogen) atoms. The number of hydrogen-bond donors (Lipinski definition) is 1. The van der Waals surface area contributed by atoms with E-state index >= 15 is 0 Å². The van der Waals surface area contributed by atoms with Gasteiger partial charge in [0.25, 0.3) is 0 Å². The van der Waals surface area contributed by atoms with Crippen molar-refractivity contribution in [1.82, 2.24) is 4.90 Å². The topological polar surface area (TPSA) is 76.1 Å². The SMILES string of the molecule is CCCCCCCCC(CCCCCCCC)C(=O)OCCCCCCCN(CCO)CCCCCCCC(=O)OC(C)CCCCCCC. The Bertz CT molecular complexity index is 701. The lowest BCUT2D eigenvalue weighted by Crippen LogP contribution is -2.29. The maximum atomic E-state index is 13.0. The molecule has 1 unspecified atom stereocenters. The molecule has 298 valence electrons. The standard InChI is InChI=1S/C44H87NO5/c1-5-8-11-14-19-26-33-42(34-27-20-15-12-9-6-2)44(48)49-40-31-24-17-23-30-37-45(38-39-46)36-29-22-16-21-28-35-43(47)50-41(4)32-25-18-13-10-7-3/h41-42,46H,5-40H2,1-4H3. The zero-order valence-corrected chi connectivity index (χ0v) is 34.1. The van der Waals surface area contributed by atoms with Gasteiger partial charge in [0, 0.05) is 13.0 Å².